The Kier molecular flexibility index (Phi) is 5.41. The summed E-state index contributed by atoms with van der Waals surface area (Å²) in [5, 5.41) is 6.86. The summed E-state index contributed by atoms with van der Waals surface area (Å²) in [4.78, 5) is 16.9. The second kappa shape index (κ2) is 7.97. The average molecular weight is 416 g/mol. The van der Waals surface area contributed by atoms with E-state index in [2.05, 4.69) is 15.6 Å². The summed E-state index contributed by atoms with van der Waals surface area (Å²) in [5.41, 5.74) is 2.52. The summed E-state index contributed by atoms with van der Waals surface area (Å²) in [6.07, 6.45) is 0.781. The molecule has 0 spiro atoms. The number of benzene rings is 2. The van der Waals surface area contributed by atoms with Gasteiger partial charge in [0.2, 0.25) is 0 Å². The highest BCUT2D eigenvalue weighted by atomic mass is 32.2. The van der Waals surface area contributed by atoms with Crippen LogP contribution in [0.1, 0.15) is 15.9 Å². The molecule has 1 amide bonds. The zero-order valence-corrected chi connectivity index (χ0v) is 16.8. The molecule has 0 aliphatic carbocycles. The van der Waals surface area contributed by atoms with Crippen LogP contribution in [0.4, 0.5) is 5.69 Å². The molecule has 1 fully saturated rings. The van der Waals surface area contributed by atoms with Gasteiger partial charge in [-0.2, -0.15) is 0 Å². The first kappa shape index (κ1) is 19.0. The number of amidine groups is 1. The number of hydrogen-bond donors (Lipinski definition) is 2. The smallest absolute Gasteiger partial charge is 0.251 e. The van der Waals surface area contributed by atoms with E-state index in [1.807, 2.05) is 42.5 Å². The first-order valence-electron chi connectivity index (χ1n) is 9.13. The molecule has 2 heterocycles. The Morgan fingerprint density at radius 1 is 1.11 bits per heavy atom. The molecule has 8 heteroatoms. The van der Waals surface area contributed by atoms with Gasteiger partial charge in [-0.05, 0) is 30.2 Å². The van der Waals surface area contributed by atoms with Gasteiger partial charge in [0.05, 0.1) is 17.5 Å². The van der Waals surface area contributed by atoms with Crippen molar-refractivity contribution in [2.75, 3.05) is 23.4 Å². The van der Waals surface area contributed by atoms with E-state index in [1.165, 1.54) is 17.3 Å². The van der Waals surface area contributed by atoms with Crippen molar-refractivity contribution in [1.82, 2.24) is 5.32 Å². The number of carbonyl (C=O) groups excluding carboxylic acids is 1. The molecule has 2 aromatic rings. The largest absolute Gasteiger partial charge is 0.352 e. The summed E-state index contributed by atoms with van der Waals surface area (Å²) >= 11 is 1.46. The van der Waals surface area contributed by atoms with Gasteiger partial charge < -0.3 is 10.6 Å². The highest BCUT2D eigenvalue weighted by molar-refractivity contribution is 8.15. The number of sulfone groups is 1. The first-order chi connectivity index (χ1) is 13.5. The molecular formula is C20H21N3O3S2. The third-order valence-corrected chi connectivity index (χ3v) is 7.88. The van der Waals surface area contributed by atoms with Crippen LogP contribution >= 0.6 is 11.8 Å². The maximum atomic E-state index is 12.4. The zero-order valence-electron chi connectivity index (χ0n) is 15.2. The molecule has 2 atom stereocenters. The molecule has 2 aliphatic rings. The number of amides is 1. The predicted octanol–water partition coefficient (Wildman–Crippen LogP) is 2.34. The van der Waals surface area contributed by atoms with E-state index in [4.69, 9.17) is 0 Å². The van der Waals surface area contributed by atoms with Crippen LogP contribution in [0.2, 0.25) is 0 Å². The molecule has 0 unspecified atom stereocenters. The monoisotopic (exact) mass is 415 g/mol. The van der Waals surface area contributed by atoms with Crippen molar-refractivity contribution >= 4 is 38.4 Å². The molecule has 2 N–H and O–H groups in total. The second-order valence-electron chi connectivity index (χ2n) is 6.93. The van der Waals surface area contributed by atoms with Crippen molar-refractivity contribution in [2.24, 2.45) is 4.99 Å². The number of nitrogens with zero attached hydrogens (tertiary/aromatic N) is 1. The minimum atomic E-state index is -2.96. The van der Waals surface area contributed by atoms with E-state index in [1.54, 1.807) is 12.1 Å². The number of carbonyl (C=O) groups is 1. The van der Waals surface area contributed by atoms with Crippen LogP contribution in [0.5, 0.6) is 0 Å². The lowest BCUT2D eigenvalue weighted by Crippen LogP contribution is -2.25. The van der Waals surface area contributed by atoms with E-state index >= 15 is 0 Å². The molecule has 146 valence electrons. The maximum absolute atomic E-state index is 12.4. The van der Waals surface area contributed by atoms with Crippen molar-refractivity contribution in [3.05, 3.63) is 65.7 Å². The first-order valence-corrected chi connectivity index (χ1v) is 11.8. The molecule has 6 nitrogen and oxygen atoms in total. The average Bonchev–Trinajstić information content (AvgIpc) is 3.15. The van der Waals surface area contributed by atoms with E-state index in [0.717, 1.165) is 12.1 Å². The van der Waals surface area contributed by atoms with Gasteiger partial charge in [-0.3, -0.25) is 9.79 Å². The SMILES string of the molecule is O=C(NCCc1ccccc1)c1cccc(NC2=N[C@H]3CS(=O)(=O)C[C@@H]3S2)c1. The van der Waals surface area contributed by atoms with Gasteiger partial charge in [0.25, 0.3) is 5.91 Å². The number of hydrogen-bond acceptors (Lipinski definition) is 6. The quantitative estimate of drug-likeness (QED) is 0.783. The zero-order chi connectivity index (χ0) is 19.6. The lowest BCUT2D eigenvalue weighted by Gasteiger charge is -2.09. The fraction of sp³-hybridized carbons (Fsp3) is 0.300. The van der Waals surface area contributed by atoms with Crippen LogP contribution in [0, 0.1) is 0 Å². The van der Waals surface area contributed by atoms with Gasteiger partial charge in [0.15, 0.2) is 15.0 Å². The summed E-state index contributed by atoms with van der Waals surface area (Å²) in [6.45, 7) is 0.570. The van der Waals surface area contributed by atoms with Crippen molar-refractivity contribution in [2.45, 2.75) is 17.7 Å². The molecule has 0 saturated carbocycles. The van der Waals surface area contributed by atoms with Crippen molar-refractivity contribution in [3.63, 3.8) is 0 Å². The van der Waals surface area contributed by atoms with Crippen molar-refractivity contribution in [3.8, 4) is 0 Å². The predicted molar refractivity (Wildman–Crippen MR) is 114 cm³/mol. The van der Waals surface area contributed by atoms with Crippen molar-refractivity contribution in [1.29, 1.82) is 0 Å². The molecular weight excluding hydrogens is 394 g/mol. The minimum Gasteiger partial charge on any atom is -0.352 e. The summed E-state index contributed by atoms with van der Waals surface area (Å²) in [5.74, 6) is 0.184. The number of aliphatic imine (C=N–C) groups is 1. The minimum absolute atomic E-state index is 0.00281. The van der Waals surface area contributed by atoms with Crippen LogP contribution in [-0.4, -0.2) is 48.8 Å². The van der Waals surface area contributed by atoms with Gasteiger partial charge in [-0.15, -0.1) is 0 Å². The topological polar surface area (TPSA) is 87.6 Å². The lowest BCUT2D eigenvalue weighted by molar-refractivity contribution is 0.0954. The van der Waals surface area contributed by atoms with E-state index < -0.39 is 9.84 Å². The van der Waals surface area contributed by atoms with Crippen LogP contribution in [-0.2, 0) is 16.3 Å². The third-order valence-electron chi connectivity index (χ3n) is 4.74. The molecule has 4 rings (SSSR count). The molecule has 28 heavy (non-hydrogen) atoms. The van der Waals surface area contributed by atoms with Gasteiger partial charge >= 0.3 is 0 Å². The fourth-order valence-corrected chi connectivity index (χ4v) is 7.02. The molecule has 2 aromatic carbocycles. The maximum Gasteiger partial charge on any atom is 0.251 e. The molecule has 2 aliphatic heterocycles. The van der Waals surface area contributed by atoms with E-state index in [0.29, 0.717) is 17.3 Å². The second-order valence-corrected chi connectivity index (χ2v) is 10.3. The Morgan fingerprint density at radius 3 is 2.71 bits per heavy atom. The Hall–Kier alpha value is -2.32. The van der Waals surface area contributed by atoms with Crippen LogP contribution in [0.3, 0.4) is 0 Å². The summed E-state index contributed by atoms with van der Waals surface area (Å²) in [7, 11) is -2.96. The fourth-order valence-electron chi connectivity index (χ4n) is 3.34. The Bertz CT molecular complexity index is 1010. The number of anilines is 1. The van der Waals surface area contributed by atoms with Gasteiger partial charge in [-0.25, -0.2) is 8.42 Å². The van der Waals surface area contributed by atoms with E-state index in [9.17, 15) is 13.2 Å². The Labute approximate surface area is 168 Å². The lowest BCUT2D eigenvalue weighted by atomic mass is 10.1. The highest BCUT2D eigenvalue weighted by Gasteiger charge is 2.42. The summed E-state index contributed by atoms with van der Waals surface area (Å²) < 4.78 is 23.3. The Balaban J connectivity index is 1.34. The molecule has 0 radical (unpaired) electrons. The summed E-state index contributed by atoms with van der Waals surface area (Å²) in [6, 6.07) is 17.1. The molecule has 0 bridgehead atoms. The number of rotatable bonds is 5. The van der Waals surface area contributed by atoms with Crippen LogP contribution in [0.25, 0.3) is 0 Å². The standard InChI is InChI=1S/C20H21N3O3S2/c24-19(21-10-9-14-5-2-1-3-6-14)15-7-4-8-16(11-15)22-20-23-17-12-28(25,26)13-18(17)27-20/h1-8,11,17-18H,9-10,12-13H2,(H,21,24)(H,22,23)/t17-,18-/m0/s1. The molecule has 0 aromatic heterocycles. The third kappa shape index (κ3) is 4.56. The number of thioether (sulfide) groups is 1. The Morgan fingerprint density at radius 2 is 1.93 bits per heavy atom. The van der Waals surface area contributed by atoms with E-state index in [-0.39, 0.29) is 28.7 Å². The normalized spacial score (nSPS) is 22.4. The van der Waals surface area contributed by atoms with Gasteiger partial charge in [0, 0.05) is 23.0 Å². The van der Waals surface area contributed by atoms with Crippen LogP contribution < -0.4 is 10.6 Å². The van der Waals surface area contributed by atoms with Gasteiger partial charge in [-0.1, -0.05) is 48.2 Å². The van der Waals surface area contributed by atoms with Gasteiger partial charge in [0.1, 0.15) is 0 Å². The number of fused-ring (bicyclic) bond motifs is 1. The van der Waals surface area contributed by atoms with Crippen LogP contribution in [0.15, 0.2) is 59.6 Å². The number of nitrogens with one attached hydrogen (secondary N) is 2. The highest BCUT2D eigenvalue weighted by Crippen LogP contribution is 2.34. The molecule has 1 saturated heterocycles. The van der Waals surface area contributed by atoms with Crippen molar-refractivity contribution < 1.29 is 13.2 Å².